The molecule has 0 radical (unpaired) electrons. The molecule has 1 amide bonds. The number of anilines is 1. The molecular formula is C28H31N5O4. The van der Waals surface area contributed by atoms with Crippen LogP contribution in [0.5, 0.6) is 5.75 Å². The Morgan fingerprint density at radius 1 is 1.19 bits per heavy atom. The number of benzene rings is 1. The van der Waals surface area contributed by atoms with Crippen molar-refractivity contribution in [1.29, 1.82) is 5.26 Å². The number of hydrogen-bond donors (Lipinski definition) is 0. The van der Waals surface area contributed by atoms with Gasteiger partial charge in [0, 0.05) is 35.3 Å². The van der Waals surface area contributed by atoms with Gasteiger partial charge >= 0.3 is 6.09 Å². The van der Waals surface area contributed by atoms with Crippen molar-refractivity contribution in [2.24, 2.45) is 0 Å². The van der Waals surface area contributed by atoms with Crippen molar-refractivity contribution in [3.63, 3.8) is 0 Å². The SMILES string of the molecule is COC(=O)N1c2ccc(-c3cnn(C4CCN(C)CC4)c3)c(OC3=C(C#N)CC(=O)C=C3)c2CC[C@@H]1C. The number of methoxy groups -OCH3 is 1. The molecule has 9 heteroatoms. The zero-order valence-corrected chi connectivity index (χ0v) is 21.4. The number of fused-ring (bicyclic) bond motifs is 1. The fourth-order valence-corrected chi connectivity index (χ4v) is 5.35. The lowest BCUT2D eigenvalue weighted by Crippen LogP contribution is -2.42. The molecule has 1 aromatic carbocycles. The maximum absolute atomic E-state index is 12.7. The predicted molar refractivity (Wildman–Crippen MR) is 138 cm³/mol. The molecule has 9 nitrogen and oxygen atoms in total. The normalized spacial score (nSPS) is 20.5. The predicted octanol–water partition coefficient (Wildman–Crippen LogP) is 4.41. The number of rotatable bonds is 4. The molecule has 3 heterocycles. The van der Waals surface area contributed by atoms with Crippen molar-refractivity contribution >= 4 is 17.6 Å². The second-order valence-electron chi connectivity index (χ2n) is 9.94. The van der Waals surface area contributed by atoms with Crippen LogP contribution < -0.4 is 9.64 Å². The Bertz CT molecular complexity index is 1330. The molecule has 2 aliphatic heterocycles. The number of nitriles is 1. The summed E-state index contributed by atoms with van der Waals surface area (Å²) < 4.78 is 13.6. The molecule has 37 heavy (non-hydrogen) atoms. The van der Waals surface area contributed by atoms with E-state index in [9.17, 15) is 14.9 Å². The second-order valence-corrected chi connectivity index (χ2v) is 9.94. The van der Waals surface area contributed by atoms with E-state index in [1.165, 1.54) is 13.2 Å². The zero-order valence-electron chi connectivity index (χ0n) is 21.4. The van der Waals surface area contributed by atoms with E-state index in [0.29, 0.717) is 24.0 Å². The minimum atomic E-state index is -0.428. The molecule has 5 rings (SSSR count). The Balaban J connectivity index is 1.60. The van der Waals surface area contributed by atoms with E-state index in [1.807, 2.05) is 36.1 Å². The number of ether oxygens (including phenoxy) is 2. The molecule has 3 aliphatic rings. The topological polar surface area (TPSA) is 101 Å². The molecule has 0 bridgehead atoms. The molecule has 192 valence electrons. The van der Waals surface area contributed by atoms with Gasteiger partial charge in [-0.3, -0.25) is 14.4 Å². The van der Waals surface area contributed by atoms with E-state index in [4.69, 9.17) is 9.47 Å². The first kappa shape index (κ1) is 24.8. The van der Waals surface area contributed by atoms with Gasteiger partial charge in [0.25, 0.3) is 0 Å². The first-order valence-corrected chi connectivity index (χ1v) is 12.7. The van der Waals surface area contributed by atoms with Gasteiger partial charge in [-0.1, -0.05) is 0 Å². The smallest absolute Gasteiger partial charge is 0.414 e. The van der Waals surface area contributed by atoms with Crippen LogP contribution >= 0.6 is 0 Å². The van der Waals surface area contributed by atoms with Crippen LogP contribution in [0, 0.1) is 11.3 Å². The minimum absolute atomic E-state index is 0.00602. The number of carbonyl (C=O) groups excluding carboxylic acids is 2. The monoisotopic (exact) mass is 501 g/mol. The summed E-state index contributed by atoms with van der Waals surface area (Å²) in [4.78, 5) is 28.6. The number of likely N-dealkylation sites (tertiary alicyclic amines) is 1. The zero-order chi connectivity index (χ0) is 26.1. The van der Waals surface area contributed by atoms with Gasteiger partial charge in [-0.2, -0.15) is 10.4 Å². The molecule has 2 aromatic rings. The van der Waals surface area contributed by atoms with Crippen LogP contribution in [0.4, 0.5) is 10.5 Å². The Labute approximate surface area is 216 Å². The number of aromatic nitrogens is 2. The van der Waals surface area contributed by atoms with Crippen molar-refractivity contribution in [2.75, 3.05) is 32.1 Å². The minimum Gasteiger partial charge on any atom is -0.455 e. The maximum Gasteiger partial charge on any atom is 0.414 e. The molecule has 1 aromatic heterocycles. The van der Waals surface area contributed by atoms with E-state index < -0.39 is 6.09 Å². The van der Waals surface area contributed by atoms with E-state index >= 15 is 0 Å². The van der Waals surface area contributed by atoms with Crippen molar-refractivity contribution in [3.05, 3.63) is 53.6 Å². The lowest BCUT2D eigenvalue weighted by atomic mass is 9.92. The average molecular weight is 502 g/mol. The first-order chi connectivity index (χ1) is 17.9. The van der Waals surface area contributed by atoms with Crippen LogP contribution in [0.25, 0.3) is 11.1 Å². The van der Waals surface area contributed by atoms with Gasteiger partial charge in [0.2, 0.25) is 0 Å². The van der Waals surface area contributed by atoms with Crippen LogP contribution in [-0.2, 0) is 16.0 Å². The summed E-state index contributed by atoms with van der Waals surface area (Å²) >= 11 is 0. The number of ketones is 1. The van der Waals surface area contributed by atoms with Gasteiger partial charge in [0.05, 0.1) is 36.7 Å². The molecule has 0 N–H and O–H groups in total. The fourth-order valence-electron chi connectivity index (χ4n) is 5.35. The Morgan fingerprint density at radius 3 is 2.70 bits per heavy atom. The molecule has 1 fully saturated rings. The largest absolute Gasteiger partial charge is 0.455 e. The Morgan fingerprint density at radius 2 is 1.97 bits per heavy atom. The van der Waals surface area contributed by atoms with Crippen LogP contribution in [0.15, 0.2) is 48.0 Å². The highest BCUT2D eigenvalue weighted by molar-refractivity contribution is 5.94. The highest BCUT2D eigenvalue weighted by Gasteiger charge is 2.33. The number of amides is 1. The van der Waals surface area contributed by atoms with Gasteiger partial charge in [0.1, 0.15) is 11.5 Å². The standard InChI is InChI=1S/C28H31N5O4/c1-18-4-6-24-25(33(18)28(35)36-3)8-7-23(27(24)37-26-9-5-22(34)14-19(26)15-29)20-16-30-32(17-20)21-10-12-31(2)13-11-21/h5,7-9,16-18,21H,4,6,10-14H2,1-3H3/t18-/m0/s1. The van der Waals surface area contributed by atoms with Crippen molar-refractivity contribution in [1.82, 2.24) is 14.7 Å². The molecule has 0 saturated carbocycles. The van der Waals surface area contributed by atoms with E-state index in [-0.39, 0.29) is 23.8 Å². The van der Waals surface area contributed by atoms with Gasteiger partial charge in [0.15, 0.2) is 5.78 Å². The van der Waals surface area contributed by atoms with Crippen molar-refractivity contribution < 1.29 is 19.1 Å². The molecule has 1 atom stereocenters. The summed E-state index contributed by atoms with van der Waals surface area (Å²) in [5, 5.41) is 14.4. The lowest BCUT2D eigenvalue weighted by Gasteiger charge is -2.35. The Hall–Kier alpha value is -3.90. The molecular weight excluding hydrogens is 470 g/mol. The first-order valence-electron chi connectivity index (χ1n) is 12.7. The van der Waals surface area contributed by atoms with Gasteiger partial charge in [-0.25, -0.2) is 4.79 Å². The number of piperidine rings is 1. The van der Waals surface area contributed by atoms with Crippen LogP contribution in [-0.4, -0.2) is 59.8 Å². The van der Waals surface area contributed by atoms with Gasteiger partial charge in [-0.15, -0.1) is 0 Å². The third kappa shape index (κ3) is 4.77. The highest BCUT2D eigenvalue weighted by atomic mass is 16.5. The quantitative estimate of drug-likeness (QED) is 0.612. The fraction of sp³-hybridized carbons (Fsp3) is 0.429. The van der Waals surface area contributed by atoms with Crippen LogP contribution in [0.1, 0.15) is 44.2 Å². The second kappa shape index (κ2) is 10.2. The van der Waals surface area contributed by atoms with E-state index in [1.54, 1.807) is 11.0 Å². The number of nitrogens with zero attached hydrogens (tertiary/aromatic N) is 5. The molecule has 0 unspecified atom stereocenters. The summed E-state index contributed by atoms with van der Waals surface area (Å²) in [6.45, 7) is 4.06. The van der Waals surface area contributed by atoms with Gasteiger partial charge in [-0.05, 0) is 77.0 Å². The van der Waals surface area contributed by atoms with E-state index in [2.05, 4.69) is 23.1 Å². The summed E-state index contributed by atoms with van der Waals surface area (Å²) in [5.41, 5.74) is 3.60. The third-order valence-electron chi connectivity index (χ3n) is 7.51. The third-order valence-corrected chi connectivity index (χ3v) is 7.51. The maximum atomic E-state index is 12.7. The summed E-state index contributed by atoms with van der Waals surface area (Å²) in [6.07, 6.45) is 9.95. The Kier molecular flexibility index (Phi) is 6.85. The lowest BCUT2D eigenvalue weighted by molar-refractivity contribution is -0.114. The van der Waals surface area contributed by atoms with Crippen molar-refractivity contribution in [2.45, 2.75) is 51.1 Å². The summed E-state index contributed by atoms with van der Waals surface area (Å²) in [5.74, 6) is 0.787. The van der Waals surface area contributed by atoms with E-state index in [0.717, 1.165) is 54.7 Å². The number of allylic oxidation sites excluding steroid dienone is 3. The van der Waals surface area contributed by atoms with Gasteiger partial charge < -0.3 is 14.4 Å². The highest BCUT2D eigenvalue weighted by Crippen LogP contribution is 2.44. The van der Waals surface area contributed by atoms with Crippen LogP contribution in [0.2, 0.25) is 0 Å². The number of carbonyl (C=O) groups is 2. The molecule has 1 aliphatic carbocycles. The van der Waals surface area contributed by atoms with Crippen LogP contribution in [0.3, 0.4) is 0 Å². The number of hydrogen-bond acceptors (Lipinski definition) is 7. The molecule has 0 spiro atoms. The summed E-state index contributed by atoms with van der Waals surface area (Å²) in [7, 11) is 3.51. The van der Waals surface area contributed by atoms with Crippen molar-refractivity contribution in [3.8, 4) is 22.9 Å². The average Bonchev–Trinajstić information content (AvgIpc) is 3.39. The molecule has 1 saturated heterocycles. The summed E-state index contributed by atoms with van der Waals surface area (Å²) in [6, 6.07) is 6.28.